The number of carbonyl (C=O) groups excluding carboxylic acids is 1. The number of hydrogen-bond acceptors (Lipinski definition) is 1. The van der Waals surface area contributed by atoms with Crippen molar-refractivity contribution in [2.75, 3.05) is 6.54 Å². The maximum Gasteiger partial charge on any atom is 0.223 e. The van der Waals surface area contributed by atoms with Gasteiger partial charge in [0, 0.05) is 22.9 Å². The molecule has 1 amide bonds. The average Bonchev–Trinajstić information content (AvgIpc) is 2.65. The molecule has 1 N–H and O–H groups in total. The fourth-order valence-electron chi connectivity index (χ4n) is 1.98. The van der Waals surface area contributed by atoms with Crippen LogP contribution in [0.5, 0.6) is 0 Å². The van der Waals surface area contributed by atoms with Crippen LogP contribution in [0.2, 0.25) is 0 Å². The molecule has 0 radical (unpaired) electrons. The number of nitrogens with one attached hydrogen (secondary N) is 1. The molecule has 1 aliphatic rings. The molecule has 1 aliphatic heterocycles. The van der Waals surface area contributed by atoms with Crippen molar-refractivity contribution >= 4 is 21.8 Å². The molecule has 1 fully saturated rings. The minimum atomic E-state index is -0.220. The lowest BCUT2D eigenvalue weighted by Gasteiger charge is -2.14. The lowest BCUT2D eigenvalue weighted by Crippen LogP contribution is -2.19. The second kappa shape index (κ2) is 4.95. The van der Waals surface area contributed by atoms with E-state index in [9.17, 15) is 9.18 Å². The zero-order chi connectivity index (χ0) is 11.5. The van der Waals surface area contributed by atoms with Crippen LogP contribution in [0.4, 0.5) is 4.39 Å². The van der Waals surface area contributed by atoms with E-state index in [2.05, 4.69) is 21.2 Å². The van der Waals surface area contributed by atoms with Gasteiger partial charge in [0.1, 0.15) is 5.82 Å². The van der Waals surface area contributed by atoms with Crippen molar-refractivity contribution in [1.82, 2.24) is 5.32 Å². The van der Waals surface area contributed by atoms with E-state index in [0.717, 1.165) is 13.0 Å². The van der Waals surface area contributed by atoms with Gasteiger partial charge in [0.05, 0.1) is 0 Å². The van der Waals surface area contributed by atoms with E-state index in [1.54, 1.807) is 18.2 Å². The van der Waals surface area contributed by atoms with E-state index in [0.29, 0.717) is 12.0 Å². The Bertz CT molecular complexity index is 396. The maximum absolute atomic E-state index is 13.5. The summed E-state index contributed by atoms with van der Waals surface area (Å²) in [5.41, 5.74) is 0.627. The summed E-state index contributed by atoms with van der Waals surface area (Å²) < 4.78 is 13.5. The molecule has 0 aromatic heterocycles. The normalized spacial score (nSPS) is 21.9. The Balaban J connectivity index is 2.05. The number of carbonyl (C=O) groups is 1. The first-order chi connectivity index (χ1) is 7.68. The lowest BCUT2D eigenvalue weighted by molar-refractivity contribution is -0.122. The predicted octanol–water partition coefficient (Wildman–Crippen LogP) is 2.79. The van der Waals surface area contributed by atoms with Crippen LogP contribution in [0, 0.1) is 11.7 Å². The number of amides is 1. The van der Waals surface area contributed by atoms with Gasteiger partial charge in [0.25, 0.3) is 0 Å². The van der Waals surface area contributed by atoms with Crippen molar-refractivity contribution in [1.29, 1.82) is 0 Å². The molecule has 2 unspecified atom stereocenters. The molecule has 0 aliphatic carbocycles. The molecule has 16 heavy (non-hydrogen) atoms. The molecule has 1 aromatic carbocycles. The first-order valence-electron chi connectivity index (χ1n) is 5.34. The summed E-state index contributed by atoms with van der Waals surface area (Å²) in [6, 6.07) is 6.67. The molecule has 2 nitrogen and oxygen atoms in total. The largest absolute Gasteiger partial charge is 0.356 e. The van der Waals surface area contributed by atoms with Gasteiger partial charge in [-0.2, -0.15) is 0 Å². The Labute approximate surface area is 102 Å². The van der Waals surface area contributed by atoms with Crippen LogP contribution < -0.4 is 5.32 Å². The first-order valence-corrected chi connectivity index (χ1v) is 6.26. The summed E-state index contributed by atoms with van der Waals surface area (Å²) in [5, 5.41) is 2.79. The second-order valence-corrected chi connectivity index (χ2v) is 5.11. The quantitative estimate of drug-likeness (QED) is 0.851. The Hall–Kier alpha value is -0.900. The highest BCUT2D eigenvalue weighted by Gasteiger charge is 2.27. The molecule has 2 rings (SSSR count). The fraction of sp³-hybridized carbons (Fsp3) is 0.417. The van der Waals surface area contributed by atoms with E-state index >= 15 is 0 Å². The minimum absolute atomic E-state index is 0.00369. The molecule has 0 spiro atoms. The fourth-order valence-corrected chi connectivity index (χ4v) is 2.80. The van der Waals surface area contributed by atoms with E-state index in [1.807, 2.05) is 0 Å². The average molecular weight is 286 g/mol. The van der Waals surface area contributed by atoms with Crippen LogP contribution >= 0.6 is 15.9 Å². The smallest absolute Gasteiger partial charge is 0.223 e. The molecule has 86 valence electrons. The molecular weight excluding hydrogens is 273 g/mol. The van der Waals surface area contributed by atoms with Crippen molar-refractivity contribution in [3.8, 4) is 0 Å². The third kappa shape index (κ3) is 2.43. The lowest BCUT2D eigenvalue weighted by atomic mass is 9.98. The topological polar surface area (TPSA) is 29.1 Å². The molecule has 0 bridgehead atoms. The third-order valence-electron chi connectivity index (χ3n) is 2.90. The van der Waals surface area contributed by atoms with Gasteiger partial charge in [-0.3, -0.25) is 4.79 Å². The second-order valence-electron chi connectivity index (χ2n) is 4.00. The van der Waals surface area contributed by atoms with E-state index in [4.69, 9.17) is 0 Å². The van der Waals surface area contributed by atoms with Gasteiger partial charge < -0.3 is 5.32 Å². The predicted molar refractivity (Wildman–Crippen MR) is 63.8 cm³/mol. The van der Waals surface area contributed by atoms with Crippen molar-refractivity contribution in [3.63, 3.8) is 0 Å². The molecule has 2 atom stereocenters. The summed E-state index contributed by atoms with van der Waals surface area (Å²) >= 11 is 3.45. The van der Waals surface area contributed by atoms with E-state index in [-0.39, 0.29) is 22.5 Å². The number of halogens is 2. The Morgan fingerprint density at radius 3 is 2.88 bits per heavy atom. The molecule has 4 heteroatoms. The summed E-state index contributed by atoms with van der Waals surface area (Å²) in [4.78, 5) is 11.3. The number of hydrogen-bond donors (Lipinski definition) is 1. The van der Waals surface area contributed by atoms with Gasteiger partial charge in [0.2, 0.25) is 5.91 Å². The molecular formula is C12H13BrFNO. The standard InChI is InChI=1S/C12H13BrFNO/c13-10(7-8-5-6-15-12(8)16)9-3-1-2-4-11(9)14/h1-4,8,10H,5-7H2,(H,15,16). The monoisotopic (exact) mass is 285 g/mol. The van der Waals surface area contributed by atoms with Gasteiger partial charge in [-0.15, -0.1) is 0 Å². The molecule has 0 saturated carbocycles. The van der Waals surface area contributed by atoms with Crippen molar-refractivity contribution in [3.05, 3.63) is 35.6 Å². The van der Waals surface area contributed by atoms with Gasteiger partial charge in [-0.05, 0) is 18.9 Å². The SMILES string of the molecule is O=C1NCCC1CC(Br)c1ccccc1F. The van der Waals surface area contributed by atoms with Gasteiger partial charge in [-0.1, -0.05) is 34.1 Å². The maximum atomic E-state index is 13.5. The van der Waals surface area contributed by atoms with Crippen molar-refractivity contribution < 1.29 is 9.18 Å². The summed E-state index contributed by atoms with van der Waals surface area (Å²) in [5.74, 6) is -0.132. The summed E-state index contributed by atoms with van der Waals surface area (Å²) in [7, 11) is 0. The zero-order valence-electron chi connectivity index (χ0n) is 8.75. The highest BCUT2D eigenvalue weighted by Crippen LogP contribution is 2.33. The van der Waals surface area contributed by atoms with Crippen molar-refractivity contribution in [2.45, 2.75) is 17.7 Å². The van der Waals surface area contributed by atoms with E-state index < -0.39 is 0 Å². The van der Waals surface area contributed by atoms with Crippen molar-refractivity contribution in [2.24, 2.45) is 5.92 Å². The minimum Gasteiger partial charge on any atom is -0.356 e. The Kier molecular flexibility index (Phi) is 3.59. The third-order valence-corrected chi connectivity index (χ3v) is 3.76. The Morgan fingerprint density at radius 2 is 2.25 bits per heavy atom. The molecule has 1 aromatic rings. The van der Waals surface area contributed by atoms with Gasteiger partial charge in [0.15, 0.2) is 0 Å². The number of alkyl halides is 1. The molecule has 1 heterocycles. The summed E-state index contributed by atoms with van der Waals surface area (Å²) in [6.45, 7) is 0.737. The molecule has 1 saturated heterocycles. The number of benzene rings is 1. The number of rotatable bonds is 3. The van der Waals surface area contributed by atoms with Crippen LogP contribution in [-0.4, -0.2) is 12.5 Å². The van der Waals surface area contributed by atoms with Crippen LogP contribution in [0.15, 0.2) is 24.3 Å². The Morgan fingerprint density at radius 1 is 1.50 bits per heavy atom. The highest BCUT2D eigenvalue weighted by atomic mass is 79.9. The van der Waals surface area contributed by atoms with Crippen LogP contribution in [0.3, 0.4) is 0 Å². The van der Waals surface area contributed by atoms with E-state index in [1.165, 1.54) is 6.07 Å². The zero-order valence-corrected chi connectivity index (χ0v) is 10.3. The first kappa shape index (κ1) is 11.6. The van der Waals surface area contributed by atoms with Gasteiger partial charge in [-0.25, -0.2) is 4.39 Å². The van der Waals surface area contributed by atoms with Crippen LogP contribution in [0.1, 0.15) is 23.2 Å². The van der Waals surface area contributed by atoms with Crippen LogP contribution in [-0.2, 0) is 4.79 Å². The van der Waals surface area contributed by atoms with Gasteiger partial charge >= 0.3 is 0 Å². The highest BCUT2D eigenvalue weighted by molar-refractivity contribution is 9.09. The van der Waals surface area contributed by atoms with Crippen LogP contribution in [0.25, 0.3) is 0 Å². The summed E-state index contributed by atoms with van der Waals surface area (Å²) in [6.07, 6.45) is 1.49.